The van der Waals surface area contributed by atoms with Gasteiger partial charge in [0.15, 0.2) is 5.82 Å². The third-order valence-corrected chi connectivity index (χ3v) is 1.48. The van der Waals surface area contributed by atoms with Gasteiger partial charge in [0.25, 0.3) is 0 Å². The van der Waals surface area contributed by atoms with Crippen molar-refractivity contribution in [3.05, 3.63) is 12.3 Å². The van der Waals surface area contributed by atoms with Gasteiger partial charge < -0.3 is 15.2 Å². The van der Waals surface area contributed by atoms with E-state index in [-0.39, 0.29) is 18.0 Å². The van der Waals surface area contributed by atoms with E-state index >= 15 is 0 Å². The van der Waals surface area contributed by atoms with Crippen molar-refractivity contribution in [1.29, 1.82) is 0 Å². The quantitative estimate of drug-likeness (QED) is 0.758. The van der Waals surface area contributed by atoms with Gasteiger partial charge >= 0.3 is 0 Å². The fourth-order valence-corrected chi connectivity index (χ4v) is 0.809. The monoisotopic (exact) mass is 197 g/mol. The summed E-state index contributed by atoms with van der Waals surface area (Å²) in [6.45, 7) is 6.25. The predicted octanol–water partition coefficient (Wildman–Crippen LogP) is 1.00. The van der Waals surface area contributed by atoms with E-state index in [2.05, 4.69) is 20.3 Å². The van der Waals surface area contributed by atoms with Crippen molar-refractivity contribution in [3.8, 4) is 0 Å². The van der Waals surface area contributed by atoms with Crippen LogP contribution in [0.3, 0.4) is 0 Å². The lowest BCUT2D eigenvalue weighted by atomic mass is 10.1. The first-order valence-corrected chi connectivity index (χ1v) is 4.43. The van der Waals surface area contributed by atoms with Gasteiger partial charge in [0.2, 0.25) is 5.91 Å². The maximum atomic E-state index is 11.3. The zero-order valence-corrected chi connectivity index (χ0v) is 8.63. The number of rotatable bonds is 3. The molecule has 1 aromatic rings. The summed E-state index contributed by atoms with van der Waals surface area (Å²) in [6, 6.07) is 1.59. The summed E-state index contributed by atoms with van der Waals surface area (Å²) in [5.41, 5.74) is -0.0683. The number of anilines is 1. The zero-order chi connectivity index (χ0) is 10.6. The number of aromatic nitrogens is 1. The van der Waals surface area contributed by atoms with E-state index < -0.39 is 0 Å². The van der Waals surface area contributed by atoms with Gasteiger partial charge in [0, 0.05) is 11.6 Å². The van der Waals surface area contributed by atoms with Crippen LogP contribution in [0.2, 0.25) is 0 Å². The van der Waals surface area contributed by atoms with Crippen molar-refractivity contribution in [2.24, 2.45) is 0 Å². The van der Waals surface area contributed by atoms with Gasteiger partial charge in [-0.15, -0.1) is 0 Å². The van der Waals surface area contributed by atoms with E-state index in [0.29, 0.717) is 5.82 Å². The number of carbonyl (C=O) groups excluding carboxylic acids is 1. The molecular formula is C9H15N3O2. The maximum Gasteiger partial charge on any atom is 0.239 e. The molecule has 5 heteroatoms. The van der Waals surface area contributed by atoms with Crippen LogP contribution in [0.1, 0.15) is 20.8 Å². The summed E-state index contributed by atoms with van der Waals surface area (Å²) < 4.78 is 4.58. The Labute approximate surface area is 82.8 Å². The minimum absolute atomic E-state index is 0.0683. The van der Waals surface area contributed by atoms with E-state index in [1.54, 1.807) is 6.07 Å². The van der Waals surface area contributed by atoms with Gasteiger partial charge in [-0.2, -0.15) is 0 Å². The fraction of sp³-hybridized carbons (Fsp3) is 0.556. The molecule has 0 atom stereocenters. The largest absolute Gasteiger partial charge is 0.363 e. The molecule has 5 nitrogen and oxygen atoms in total. The number of carbonyl (C=O) groups is 1. The molecule has 0 saturated heterocycles. The minimum atomic E-state index is -0.131. The average molecular weight is 197 g/mol. The highest BCUT2D eigenvalue weighted by molar-refractivity contribution is 5.91. The first-order valence-electron chi connectivity index (χ1n) is 4.43. The van der Waals surface area contributed by atoms with Crippen LogP contribution >= 0.6 is 0 Å². The van der Waals surface area contributed by atoms with E-state index in [1.807, 2.05) is 20.8 Å². The minimum Gasteiger partial charge on any atom is -0.363 e. The first-order chi connectivity index (χ1) is 6.47. The molecule has 0 unspecified atom stereocenters. The predicted molar refractivity (Wildman–Crippen MR) is 52.9 cm³/mol. The Hall–Kier alpha value is -1.36. The summed E-state index contributed by atoms with van der Waals surface area (Å²) >= 11 is 0. The van der Waals surface area contributed by atoms with Gasteiger partial charge in [-0.1, -0.05) is 5.16 Å². The number of hydrogen-bond acceptors (Lipinski definition) is 4. The smallest absolute Gasteiger partial charge is 0.239 e. The number of nitrogens with zero attached hydrogens (tertiary/aromatic N) is 1. The first kappa shape index (κ1) is 10.7. The van der Waals surface area contributed by atoms with Crippen molar-refractivity contribution in [1.82, 2.24) is 10.5 Å². The van der Waals surface area contributed by atoms with E-state index in [0.717, 1.165) is 0 Å². The van der Waals surface area contributed by atoms with Crippen LogP contribution in [0, 0.1) is 0 Å². The van der Waals surface area contributed by atoms with Gasteiger partial charge in [0.05, 0.1) is 6.54 Å². The van der Waals surface area contributed by atoms with Crippen molar-refractivity contribution in [2.45, 2.75) is 26.3 Å². The highest BCUT2D eigenvalue weighted by atomic mass is 16.5. The molecule has 0 radical (unpaired) electrons. The van der Waals surface area contributed by atoms with Crippen LogP contribution in [-0.4, -0.2) is 23.1 Å². The molecule has 0 aliphatic rings. The molecule has 1 aromatic heterocycles. The molecule has 0 aromatic carbocycles. The zero-order valence-electron chi connectivity index (χ0n) is 8.63. The summed E-state index contributed by atoms with van der Waals surface area (Å²) in [7, 11) is 0. The van der Waals surface area contributed by atoms with E-state index in [4.69, 9.17) is 0 Å². The molecule has 78 valence electrons. The SMILES string of the molecule is CC(C)(C)NCC(=O)Nc1ccon1. The standard InChI is InChI=1S/C9H15N3O2/c1-9(2,3)10-6-8(13)11-7-4-5-14-12-7/h4-5,10H,6H2,1-3H3,(H,11,12,13). The van der Waals surface area contributed by atoms with Crippen molar-refractivity contribution >= 4 is 11.7 Å². The topological polar surface area (TPSA) is 67.2 Å². The molecule has 1 heterocycles. The lowest BCUT2D eigenvalue weighted by Gasteiger charge is -2.19. The highest BCUT2D eigenvalue weighted by Crippen LogP contribution is 2.01. The van der Waals surface area contributed by atoms with Crippen LogP contribution in [-0.2, 0) is 4.79 Å². The maximum absolute atomic E-state index is 11.3. The Morgan fingerprint density at radius 3 is 2.79 bits per heavy atom. The molecule has 1 rings (SSSR count). The molecular weight excluding hydrogens is 182 g/mol. The van der Waals surface area contributed by atoms with Gasteiger partial charge in [-0.3, -0.25) is 4.79 Å². The van der Waals surface area contributed by atoms with Crippen LogP contribution in [0.4, 0.5) is 5.82 Å². The van der Waals surface area contributed by atoms with E-state index in [1.165, 1.54) is 6.26 Å². The Balaban J connectivity index is 2.30. The summed E-state index contributed by atoms with van der Waals surface area (Å²) in [4.78, 5) is 11.3. The lowest BCUT2D eigenvalue weighted by molar-refractivity contribution is -0.115. The number of amides is 1. The van der Waals surface area contributed by atoms with Gasteiger partial charge in [-0.05, 0) is 20.8 Å². The normalized spacial score (nSPS) is 11.4. The van der Waals surface area contributed by atoms with Crippen LogP contribution in [0.15, 0.2) is 16.9 Å². The van der Waals surface area contributed by atoms with Crippen LogP contribution < -0.4 is 10.6 Å². The molecule has 0 saturated carbocycles. The molecule has 1 amide bonds. The Kier molecular flexibility index (Phi) is 3.24. The third-order valence-electron chi connectivity index (χ3n) is 1.48. The Morgan fingerprint density at radius 2 is 2.29 bits per heavy atom. The van der Waals surface area contributed by atoms with Crippen LogP contribution in [0.5, 0.6) is 0 Å². The second-order valence-corrected chi connectivity index (χ2v) is 4.04. The third kappa shape index (κ3) is 4.04. The fourth-order valence-electron chi connectivity index (χ4n) is 0.809. The van der Waals surface area contributed by atoms with Crippen molar-refractivity contribution in [3.63, 3.8) is 0 Å². The molecule has 0 aliphatic heterocycles. The second kappa shape index (κ2) is 4.23. The van der Waals surface area contributed by atoms with Crippen molar-refractivity contribution < 1.29 is 9.32 Å². The Morgan fingerprint density at radius 1 is 1.57 bits per heavy atom. The number of nitrogens with one attached hydrogen (secondary N) is 2. The summed E-state index contributed by atoms with van der Waals surface area (Å²) in [6.07, 6.45) is 1.41. The molecule has 14 heavy (non-hydrogen) atoms. The van der Waals surface area contributed by atoms with Crippen LogP contribution in [0.25, 0.3) is 0 Å². The molecule has 0 fully saturated rings. The van der Waals surface area contributed by atoms with Gasteiger partial charge in [-0.25, -0.2) is 0 Å². The summed E-state index contributed by atoms with van der Waals surface area (Å²) in [5, 5.41) is 9.22. The molecule has 2 N–H and O–H groups in total. The molecule has 0 spiro atoms. The van der Waals surface area contributed by atoms with Gasteiger partial charge in [0.1, 0.15) is 6.26 Å². The average Bonchev–Trinajstić information content (AvgIpc) is 2.52. The summed E-state index contributed by atoms with van der Waals surface area (Å²) in [5.74, 6) is 0.305. The van der Waals surface area contributed by atoms with Crippen molar-refractivity contribution in [2.75, 3.05) is 11.9 Å². The lowest BCUT2D eigenvalue weighted by Crippen LogP contribution is -2.41. The van der Waals surface area contributed by atoms with E-state index in [9.17, 15) is 4.79 Å². The number of hydrogen-bond donors (Lipinski definition) is 2. The highest BCUT2D eigenvalue weighted by Gasteiger charge is 2.11. The molecule has 0 bridgehead atoms. The second-order valence-electron chi connectivity index (χ2n) is 4.04. The molecule has 0 aliphatic carbocycles. The Bertz CT molecular complexity index is 288.